The fourth-order valence-corrected chi connectivity index (χ4v) is 6.70. The maximum atomic E-state index is 13.1. The molecule has 0 aliphatic carbocycles. The number of sulfonamides is 1. The van der Waals surface area contributed by atoms with E-state index in [1.165, 1.54) is 36.8 Å². The number of rotatable bonds is 7. The van der Waals surface area contributed by atoms with Crippen LogP contribution < -0.4 is 19.5 Å². The number of nitrogens with one attached hydrogen (secondary N) is 1. The Morgan fingerprint density at radius 1 is 1.02 bits per heavy atom. The number of carbonyl (C=O) groups excluding carboxylic acids is 1. The zero-order valence-corrected chi connectivity index (χ0v) is 23.8. The van der Waals surface area contributed by atoms with Gasteiger partial charge in [-0.25, -0.2) is 8.42 Å². The van der Waals surface area contributed by atoms with E-state index in [1.807, 2.05) is 13.0 Å². The van der Waals surface area contributed by atoms with Crippen molar-refractivity contribution in [3.8, 4) is 11.5 Å². The first-order chi connectivity index (χ1) is 19.1. The van der Waals surface area contributed by atoms with Crippen LogP contribution in [0, 0.1) is 6.92 Å². The first-order valence-electron chi connectivity index (χ1n) is 13.2. The zero-order chi connectivity index (χ0) is 28.9. The van der Waals surface area contributed by atoms with Gasteiger partial charge >= 0.3 is 0 Å². The number of aryl methyl sites for hydroxylation is 1. The molecule has 0 aromatic heterocycles. The van der Waals surface area contributed by atoms with Gasteiger partial charge in [0.25, 0.3) is 0 Å². The van der Waals surface area contributed by atoms with Gasteiger partial charge in [-0.1, -0.05) is 48.0 Å². The topological polar surface area (TPSA) is 121 Å². The molecular formula is C30H36N2O7S. The third kappa shape index (κ3) is 6.82. The summed E-state index contributed by atoms with van der Waals surface area (Å²) in [4.78, 5) is 13.3. The number of methoxy groups -OCH3 is 2. The van der Waals surface area contributed by atoms with Crippen LogP contribution in [0.2, 0.25) is 0 Å². The molecule has 3 aromatic rings. The van der Waals surface area contributed by atoms with Crippen molar-refractivity contribution in [3.05, 3.63) is 89.0 Å². The van der Waals surface area contributed by atoms with Crippen molar-refractivity contribution in [1.29, 1.82) is 0 Å². The third-order valence-electron chi connectivity index (χ3n) is 7.34. The van der Waals surface area contributed by atoms with E-state index in [2.05, 4.69) is 24.3 Å². The summed E-state index contributed by atoms with van der Waals surface area (Å²) in [5, 5.41) is 21.1. The summed E-state index contributed by atoms with van der Waals surface area (Å²) in [5.74, 6) is -0.523. The quantitative estimate of drug-likeness (QED) is 0.431. The van der Waals surface area contributed by atoms with Crippen LogP contribution in [0.3, 0.4) is 0 Å². The number of nitrogens with zero attached hydrogens (tertiary/aromatic N) is 1. The molecule has 10 heteroatoms. The fraction of sp³-hybridized carbons (Fsp3) is 0.367. The van der Waals surface area contributed by atoms with Crippen molar-refractivity contribution >= 4 is 16.0 Å². The second-order valence-corrected chi connectivity index (χ2v) is 12.1. The molecule has 5 rings (SSSR count). The number of hydrogen-bond donors (Lipinski definition) is 2. The molecule has 1 unspecified atom stereocenters. The van der Waals surface area contributed by atoms with E-state index < -0.39 is 22.0 Å². The van der Waals surface area contributed by atoms with Gasteiger partial charge in [0.1, 0.15) is 19.2 Å². The number of aliphatic hydroxyl groups is 1. The number of carbonyl (C=O) groups is 1. The second-order valence-electron chi connectivity index (χ2n) is 10.2. The average Bonchev–Trinajstić information content (AvgIpc) is 3.36. The number of likely N-dealkylation sites (tertiary alicyclic amines) is 1. The Labute approximate surface area is 235 Å². The summed E-state index contributed by atoms with van der Waals surface area (Å²) in [7, 11) is -1.04. The Morgan fingerprint density at radius 2 is 1.65 bits per heavy atom. The van der Waals surface area contributed by atoms with E-state index in [1.54, 1.807) is 24.3 Å². The number of aliphatic carboxylic acids is 1. The van der Waals surface area contributed by atoms with E-state index in [-0.39, 0.29) is 24.0 Å². The Hall–Kier alpha value is -3.44. The summed E-state index contributed by atoms with van der Waals surface area (Å²) >= 11 is 0. The van der Waals surface area contributed by atoms with E-state index in [0.29, 0.717) is 22.6 Å². The third-order valence-corrected chi connectivity index (χ3v) is 9.21. The summed E-state index contributed by atoms with van der Waals surface area (Å²) in [6.45, 7) is 4.82. The number of carboxylic acids is 1. The van der Waals surface area contributed by atoms with Gasteiger partial charge in [0.05, 0.1) is 37.7 Å². The smallest absolute Gasteiger partial charge is 0.243 e. The lowest BCUT2D eigenvalue weighted by atomic mass is 9.95. The number of benzene rings is 3. The van der Waals surface area contributed by atoms with E-state index in [4.69, 9.17) is 9.47 Å². The van der Waals surface area contributed by atoms with Gasteiger partial charge in [0.2, 0.25) is 10.0 Å². The fourth-order valence-electron chi connectivity index (χ4n) is 5.14. The highest BCUT2D eigenvalue weighted by atomic mass is 32.2. The number of aliphatic hydroxyl groups excluding tert-OH is 1. The Balaban J connectivity index is 0.000000236. The zero-order valence-electron chi connectivity index (χ0n) is 23.0. The molecule has 1 saturated heterocycles. The van der Waals surface area contributed by atoms with E-state index in [9.17, 15) is 23.4 Å². The van der Waals surface area contributed by atoms with Gasteiger partial charge in [-0.05, 0) is 48.7 Å². The second kappa shape index (κ2) is 12.8. The van der Waals surface area contributed by atoms with Crippen molar-refractivity contribution in [2.24, 2.45) is 0 Å². The van der Waals surface area contributed by atoms with Crippen molar-refractivity contribution in [3.63, 3.8) is 0 Å². The molecule has 0 amide bonds. The molecular weight excluding hydrogens is 532 g/mol. The molecule has 3 atom stereocenters. The molecule has 1 fully saturated rings. The molecule has 2 heterocycles. The largest absolute Gasteiger partial charge is 0.548 e. The molecule has 0 radical (unpaired) electrons. The van der Waals surface area contributed by atoms with Crippen molar-refractivity contribution in [1.82, 2.24) is 4.31 Å². The number of carboxylic acid groups (broad SMARTS) is 1. The highest BCUT2D eigenvalue weighted by molar-refractivity contribution is 7.89. The highest BCUT2D eigenvalue weighted by Gasteiger charge is 2.37. The van der Waals surface area contributed by atoms with Crippen LogP contribution >= 0.6 is 0 Å². The summed E-state index contributed by atoms with van der Waals surface area (Å²) in [6.07, 6.45) is 0.879. The highest BCUT2D eigenvalue weighted by Crippen LogP contribution is 2.36. The molecule has 0 saturated carbocycles. The number of fused-ring (bicyclic) bond motifs is 1. The standard InChI is InChI=1S/C19H21NO6S.C11H15NO/c1-12-4-6-15(7-5-12)27(23,24)20-11-14-10-18(26-3)17(25-2)9-13(14)8-16(20)19(21)22;13-11-6-7-12(9-11)8-10-4-2-1-3-5-10/h4-7,9-10,16H,8,11H2,1-3H3,(H,21,22);1-5,11,13H,6-9H2/t16-;11-/m00/s1. The molecule has 0 spiro atoms. The number of quaternary nitrogens is 1. The van der Waals surface area contributed by atoms with Crippen LogP contribution in [-0.2, 0) is 34.3 Å². The van der Waals surface area contributed by atoms with Gasteiger partial charge < -0.3 is 29.4 Å². The SMILES string of the molecule is COc1cc2c(cc1OC)CN(S(=O)(=O)c1ccc(C)cc1)[C@H](C(=O)[O-])C2.O[C@H]1CC[NH+](Cc2ccccc2)C1. The normalized spacial score (nSPS) is 20.6. The average molecular weight is 569 g/mol. The molecule has 3 aromatic carbocycles. The minimum absolute atomic E-state index is 0.0108. The van der Waals surface area contributed by atoms with E-state index >= 15 is 0 Å². The van der Waals surface area contributed by atoms with Gasteiger partial charge in [-0.3, -0.25) is 0 Å². The van der Waals surface area contributed by atoms with Crippen LogP contribution in [0.15, 0.2) is 71.6 Å². The lowest BCUT2D eigenvalue weighted by molar-refractivity contribution is -0.902. The monoisotopic (exact) mass is 568 g/mol. The Kier molecular flexibility index (Phi) is 9.47. The van der Waals surface area contributed by atoms with Crippen molar-refractivity contribution in [2.75, 3.05) is 27.3 Å². The van der Waals surface area contributed by atoms with Gasteiger partial charge in [0.15, 0.2) is 11.5 Å². The van der Waals surface area contributed by atoms with Crippen LogP contribution in [0.4, 0.5) is 0 Å². The van der Waals surface area contributed by atoms with Crippen LogP contribution in [-0.4, -0.2) is 63.3 Å². The van der Waals surface area contributed by atoms with Gasteiger partial charge in [0, 0.05) is 18.5 Å². The first-order valence-corrected chi connectivity index (χ1v) is 14.6. The summed E-state index contributed by atoms with van der Waals surface area (Å²) in [6, 6.07) is 18.8. The predicted molar refractivity (Wildman–Crippen MR) is 147 cm³/mol. The summed E-state index contributed by atoms with van der Waals surface area (Å²) in [5.41, 5.74) is 3.64. The van der Waals surface area contributed by atoms with Crippen LogP contribution in [0.1, 0.15) is 28.7 Å². The van der Waals surface area contributed by atoms with Crippen LogP contribution in [0.5, 0.6) is 11.5 Å². The minimum Gasteiger partial charge on any atom is -0.548 e. The van der Waals surface area contributed by atoms with Gasteiger partial charge in [-0.15, -0.1) is 0 Å². The lowest BCUT2D eigenvalue weighted by Crippen LogP contribution is -3.09. The molecule has 2 aliphatic rings. The number of ether oxygens (including phenoxy) is 2. The van der Waals surface area contributed by atoms with Crippen LogP contribution in [0.25, 0.3) is 0 Å². The Bertz CT molecular complexity index is 1410. The van der Waals surface area contributed by atoms with Gasteiger partial charge in [-0.2, -0.15) is 4.31 Å². The van der Waals surface area contributed by atoms with E-state index in [0.717, 1.165) is 35.9 Å². The molecule has 9 nitrogen and oxygen atoms in total. The van der Waals surface area contributed by atoms with Crippen molar-refractivity contribution in [2.45, 2.75) is 49.9 Å². The molecule has 40 heavy (non-hydrogen) atoms. The predicted octanol–water partition coefficient (Wildman–Crippen LogP) is 0.714. The Morgan fingerprint density at radius 3 is 2.20 bits per heavy atom. The first kappa shape index (κ1) is 29.5. The maximum absolute atomic E-state index is 13.1. The number of hydrogen-bond acceptors (Lipinski definition) is 7. The maximum Gasteiger partial charge on any atom is 0.243 e. The molecule has 2 aliphatic heterocycles. The minimum atomic E-state index is -4.01. The molecule has 2 N–H and O–H groups in total. The molecule has 0 bridgehead atoms. The van der Waals surface area contributed by atoms with Crippen molar-refractivity contribution < 1.29 is 37.8 Å². The summed E-state index contributed by atoms with van der Waals surface area (Å²) < 4.78 is 37.7. The molecule has 214 valence electrons. The lowest BCUT2D eigenvalue weighted by Gasteiger charge is -2.36.